The number of rotatable bonds is 3. The van der Waals surface area contributed by atoms with Crippen LogP contribution in [0.1, 0.15) is 16.1 Å². The summed E-state index contributed by atoms with van der Waals surface area (Å²) in [5, 5.41) is 11.5. The van der Waals surface area contributed by atoms with Gasteiger partial charge in [0.25, 0.3) is 5.91 Å². The van der Waals surface area contributed by atoms with Gasteiger partial charge in [0.2, 0.25) is 0 Å². The van der Waals surface area contributed by atoms with Crippen LogP contribution in [0.2, 0.25) is 0 Å². The summed E-state index contributed by atoms with van der Waals surface area (Å²) in [6, 6.07) is 12.0. The van der Waals surface area contributed by atoms with Crippen LogP contribution < -0.4 is 0 Å². The van der Waals surface area contributed by atoms with Gasteiger partial charge in [-0.1, -0.05) is 18.2 Å². The van der Waals surface area contributed by atoms with Crippen LogP contribution in [0, 0.1) is 0 Å². The summed E-state index contributed by atoms with van der Waals surface area (Å²) in [7, 11) is 0. The molecule has 0 bridgehead atoms. The highest BCUT2D eigenvalue weighted by molar-refractivity contribution is 5.93. The van der Waals surface area contributed by atoms with Crippen LogP contribution in [0.4, 0.5) is 0 Å². The highest BCUT2D eigenvalue weighted by Crippen LogP contribution is 2.17. The molecule has 2 aromatic heterocycles. The molecule has 6 heteroatoms. The molecule has 1 saturated heterocycles. The molecule has 0 saturated carbocycles. The molecule has 1 aromatic carbocycles. The zero-order valence-corrected chi connectivity index (χ0v) is 13.9. The number of nitrogens with one attached hydrogen (secondary N) is 1. The second-order valence-electron chi connectivity index (χ2n) is 6.53. The summed E-state index contributed by atoms with van der Waals surface area (Å²) in [6.45, 7) is 2.91. The maximum Gasteiger partial charge on any atom is 0.257 e. The molecule has 0 radical (unpaired) electrons. The van der Waals surface area contributed by atoms with Gasteiger partial charge in [0.15, 0.2) is 0 Å². The molecule has 3 heterocycles. The number of carbonyl (C=O) groups excluding carboxylic acids is 1. The van der Waals surface area contributed by atoms with Crippen molar-refractivity contribution in [2.45, 2.75) is 12.6 Å². The first-order chi connectivity index (χ1) is 12.2. The number of furan rings is 1. The maximum absolute atomic E-state index is 12.5. The van der Waals surface area contributed by atoms with E-state index in [-0.39, 0.29) is 5.91 Å². The van der Waals surface area contributed by atoms with E-state index in [0.717, 1.165) is 24.3 Å². The van der Waals surface area contributed by atoms with E-state index in [4.69, 9.17) is 4.42 Å². The van der Waals surface area contributed by atoms with E-state index in [1.807, 2.05) is 12.1 Å². The molecule has 6 nitrogen and oxygen atoms in total. The molecule has 1 amide bonds. The molecular formula is C19H21N3O3. The number of nitrogens with zero attached hydrogens (tertiary/aromatic N) is 2. The van der Waals surface area contributed by atoms with Crippen molar-refractivity contribution in [1.29, 1.82) is 0 Å². The van der Waals surface area contributed by atoms with E-state index in [1.54, 1.807) is 11.0 Å². The van der Waals surface area contributed by atoms with Crippen molar-refractivity contribution in [3.63, 3.8) is 0 Å². The Kier molecular flexibility index (Phi) is 4.29. The number of para-hydroxylation sites is 1. The number of fused-ring (bicyclic) bond motifs is 1. The minimum Gasteiger partial charge on any atom is -0.472 e. The molecule has 1 atom stereocenters. The summed E-state index contributed by atoms with van der Waals surface area (Å²) in [6.07, 6.45) is 2.37. The lowest BCUT2D eigenvalue weighted by atomic mass is 10.2. The summed E-state index contributed by atoms with van der Waals surface area (Å²) in [5.74, 6) is -0.0970. The monoisotopic (exact) mass is 339 g/mol. The van der Waals surface area contributed by atoms with Gasteiger partial charge in [-0.25, -0.2) is 0 Å². The van der Waals surface area contributed by atoms with Crippen molar-refractivity contribution in [2.75, 3.05) is 26.2 Å². The van der Waals surface area contributed by atoms with Crippen molar-refractivity contribution in [1.82, 2.24) is 14.8 Å². The van der Waals surface area contributed by atoms with Crippen molar-refractivity contribution in [3.8, 4) is 0 Å². The molecule has 4 rings (SSSR count). The number of aromatic amines is 1. The summed E-state index contributed by atoms with van der Waals surface area (Å²) < 4.78 is 4.99. The Balaban J connectivity index is 1.44. The number of aliphatic hydroxyl groups excluding tert-OH is 1. The Bertz CT molecular complexity index is 823. The molecule has 25 heavy (non-hydrogen) atoms. The quantitative estimate of drug-likeness (QED) is 0.766. The van der Waals surface area contributed by atoms with Gasteiger partial charge in [-0.15, -0.1) is 0 Å². The summed E-state index contributed by atoms with van der Waals surface area (Å²) >= 11 is 0. The number of aliphatic hydroxyl groups is 1. The van der Waals surface area contributed by atoms with Gasteiger partial charge in [0.05, 0.1) is 17.9 Å². The number of hydrogen-bond donors (Lipinski definition) is 2. The first-order valence-corrected chi connectivity index (χ1v) is 8.47. The second-order valence-corrected chi connectivity index (χ2v) is 6.53. The number of H-pyrrole nitrogens is 1. The largest absolute Gasteiger partial charge is 0.472 e. The van der Waals surface area contributed by atoms with Gasteiger partial charge in [0.1, 0.15) is 6.26 Å². The average molecular weight is 339 g/mol. The van der Waals surface area contributed by atoms with Gasteiger partial charge >= 0.3 is 0 Å². The van der Waals surface area contributed by atoms with E-state index >= 15 is 0 Å². The Morgan fingerprint density at radius 2 is 2.12 bits per heavy atom. The first-order valence-electron chi connectivity index (χ1n) is 8.47. The molecule has 1 aliphatic heterocycles. The normalized spacial score (nSPS) is 19.2. The van der Waals surface area contributed by atoms with E-state index in [0.29, 0.717) is 25.2 Å². The molecule has 1 aliphatic rings. The fraction of sp³-hybridized carbons (Fsp3) is 0.316. The number of carbonyl (C=O) groups is 1. The number of amides is 1. The molecule has 1 fully saturated rings. The second kappa shape index (κ2) is 6.74. The molecule has 130 valence electrons. The highest BCUT2D eigenvalue weighted by atomic mass is 16.3. The topological polar surface area (TPSA) is 72.7 Å². The third kappa shape index (κ3) is 3.45. The first kappa shape index (κ1) is 15.9. The zero-order chi connectivity index (χ0) is 17.2. The fourth-order valence-corrected chi connectivity index (χ4v) is 3.41. The predicted molar refractivity (Wildman–Crippen MR) is 94.2 cm³/mol. The lowest BCUT2D eigenvalue weighted by molar-refractivity contribution is 0.0662. The SMILES string of the molecule is O=C(c1ccoc1)N1CCN(Cc2cc3ccccc3[nH]2)C[C@H](O)C1. The van der Waals surface area contributed by atoms with Crippen molar-refractivity contribution in [2.24, 2.45) is 0 Å². The number of β-amino-alcohol motifs (C(OH)–C–C–N with tert-alkyl or cyclic N) is 1. The van der Waals surface area contributed by atoms with E-state index in [2.05, 4.69) is 28.1 Å². The third-order valence-corrected chi connectivity index (χ3v) is 4.62. The number of benzene rings is 1. The van der Waals surface area contributed by atoms with Crippen LogP contribution in [0.5, 0.6) is 0 Å². The van der Waals surface area contributed by atoms with Crippen LogP contribution in [0.25, 0.3) is 10.9 Å². The van der Waals surface area contributed by atoms with Crippen LogP contribution in [0.3, 0.4) is 0 Å². The van der Waals surface area contributed by atoms with Gasteiger partial charge in [0, 0.05) is 43.9 Å². The smallest absolute Gasteiger partial charge is 0.257 e. The molecule has 3 aromatic rings. The maximum atomic E-state index is 12.5. The molecule has 0 unspecified atom stereocenters. The average Bonchev–Trinajstić information content (AvgIpc) is 3.22. The zero-order valence-electron chi connectivity index (χ0n) is 13.9. The molecule has 0 spiro atoms. The van der Waals surface area contributed by atoms with Crippen molar-refractivity contribution in [3.05, 3.63) is 60.2 Å². The van der Waals surface area contributed by atoms with E-state index in [1.165, 1.54) is 17.9 Å². The van der Waals surface area contributed by atoms with Gasteiger partial charge in [-0.2, -0.15) is 0 Å². The van der Waals surface area contributed by atoms with Crippen molar-refractivity contribution < 1.29 is 14.3 Å². The van der Waals surface area contributed by atoms with Gasteiger partial charge in [-0.05, 0) is 23.6 Å². The summed E-state index contributed by atoms with van der Waals surface area (Å²) in [5.41, 5.74) is 2.75. The summed E-state index contributed by atoms with van der Waals surface area (Å²) in [4.78, 5) is 19.8. The Labute approximate surface area is 145 Å². The van der Waals surface area contributed by atoms with Gasteiger partial charge in [-0.3, -0.25) is 9.69 Å². The number of hydrogen-bond acceptors (Lipinski definition) is 4. The lowest BCUT2D eigenvalue weighted by Crippen LogP contribution is -2.37. The molecular weight excluding hydrogens is 318 g/mol. The van der Waals surface area contributed by atoms with Crippen LogP contribution in [0.15, 0.2) is 53.3 Å². The Morgan fingerprint density at radius 1 is 1.24 bits per heavy atom. The number of aromatic nitrogens is 1. The third-order valence-electron chi connectivity index (χ3n) is 4.62. The fourth-order valence-electron chi connectivity index (χ4n) is 3.41. The van der Waals surface area contributed by atoms with Crippen LogP contribution in [-0.2, 0) is 6.54 Å². The van der Waals surface area contributed by atoms with Crippen molar-refractivity contribution >= 4 is 16.8 Å². The van der Waals surface area contributed by atoms with Crippen LogP contribution >= 0.6 is 0 Å². The van der Waals surface area contributed by atoms with Gasteiger partial charge < -0.3 is 19.4 Å². The predicted octanol–water partition coefficient (Wildman–Crippen LogP) is 2.08. The molecule has 2 N–H and O–H groups in total. The van der Waals surface area contributed by atoms with E-state index < -0.39 is 6.10 Å². The lowest BCUT2D eigenvalue weighted by Gasteiger charge is -2.21. The highest BCUT2D eigenvalue weighted by Gasteiger charge is 2.25. The minimum atomic E-state index is -0.567. The van der Waals surface area contributed by atoms with Crippen LogP contribution in [-0.4, -0.2) is 58.1 Å². The Morgan fingerprint density at radius 3 is 2.92 bits per heavy atom. The minimum absolute atomic E-state index is 0.0970. The Hall–Kier alpha value is -2.57. The standard InChI is InChI=1S/C19H21N3O3/c23-17-11-21(10-16-9-14-3-1-2-4-18(14)20-16)6-7-22(12-17)19(24)15-5-8-25-13-15/h1-5,8-9,13,17,20,23H,6-7,10-12H2/t17-/m0/s1. The molecule has 0 aliphatic carbocycles. The van der Waals surface area contributed by atoms with E-state index in [9.17, 15) is 9.90 Å².